The van der Waals surface area contributed by atoms with Crippen molar-refractivity contribution in [3.8, 4) is 11.5 Å². The molecule has 5 nitrogen and oxygen atoms in total. The van der Waals surface area contributed by atoms with E-state index in [0.717, 1.165) is 30.2 Å². The second-order valence-corrected chi connectivity index (χ2v) is 8.08. The van der Waals surface area contributed by atoms with Gasteiger partial charge in [-0.3, -0.25) is 4.79 Å². The van der Waals surface area contributed by atoms with Crippen LogP contribution in [0.5, 0.6) is 11.5 Å². The highest BCUT2D eigenvalue weighted by Gasteiger charge is 2.35. The van der Waals surface area contributed by atoms with Crippen LogP contribution in [-0.2, 0) is 11.2 Å². The molecule has 1 aliphatic heterocycles. The predicted octanol–water partition coefficient (Wildman–Crippen LogP) is 2.93. The van der Waals surface area contributed by atoms with Crippen LogP contribution in [0.25, 0.3) is 0 Å². The van der Waals surface area contributed by atoms with Gasteiger partial charge in [-0.15, -0.1) is 11.3 Å². The molecule has 0 saturated carbocycles. The number of nitrogens with one attached hydrogen (secondary N) is 2. The summed E-state index contributed by atoms with van der Waals surface area (Å²) in [6, 6.07) is 18.1. The lowest BCUT2D eigenvalue weighted by atomic mass is 9.91. The number of methoxy groups -OCH3 is 2. The summed E-state index contributed by atoms with van der Waals surface area (Å²) < 4.78 is 11.0. The molecule has 0 spiro atoms. The van der Waals surface area contributed by atoms with E-state index in [1.807, 2.05) is 30.3 Å². The molecule has 29 heavy (non-hydrogen) atoms. The number of hydrogen-bond donors (Lipinski definition) is 2. The van der Waals surface area contributed by atoms with Crippen molar-refractivity contribution in [1.82, 2.24) is 0 Å². The number of fused-ring (bicyclic) bond motifs is 1. The maximum absolute atomic E-state index is 12.8. The maximum atomic E-state index is 12.8. The van der Waals surface area contributed by atoms with Crippen LogP contribution in [0.2, 0.25) is 0 Å². The molecular weight excluding hydrogens is 384 g/mol. The number of anilines is 1. The molecule has 4 rings (SSSR count). The van der Waals surface area contributed by atoms with Crippen molar-refractivity contribution < 1.29 is 19.2 Å². The zero-order valence-electron chi connectivity index (χ0n) is 16.6. The third-order valence-corrected chi connectivity index (χ3v) is 6.29. The minimum atomic E-state index is 0.0247. The molecule has 2 aromatic carbocycles. The molecular formula is C23H25N2O3S+. The van der Waals surface area contributed by atoms with Gasteiger partial charge in [0.05, 0.1) is 25.6 Å². The van der Waals surface area contributed by atoms with Gasteiger partial charge in [0, 0.05) is 17.7 Å². The van der Waals surface area contributed by atoms with Gasteiger partial charge in [0.2, 0.25) is 0 Å². The largest absolute Gasteiger partial charge is 0.493 e. The Hall–Kier alpha value is -2.83. The van der Waals surface area contributed by atoms with E-state index in [1.54, 1.807) is 25.6 Å². The Morgan fingerprint density at radius 1 is 1.10 bits per heavy atom. The van der Waals surface area contributed by atoms with E-state index < -0.39 is 0 Å². The van der Waals surface area contributed by atoms with E-state index in [2.05, 4.69) is 35.0 Å². The summed E-state index contributed by atoms with van der Waals surface area (Å²) >= 11 is 1.73. The van der Waals surface area contributed by atoms with Gasteiger partial charge in [-0.05, 0) is 41.3 Å². The number of quaternary nitrogens is 1. The van der Waals surface area contributed by atoms with Gasteiger partial charge in [0.1, 0.15) is 6.04 Å². The predicted molar refractivity (Wildman–Crippen MR) is 115 cm³/mol. The Morgan fingerprint density at radius 2 is 1.86 bits per heavy atom. The Morgan fingerprint density at radius 3 is 2.55 bits per heavy atom. The Kier molecular flexibility index (Phi) is 5.83. The minimum absolute atomic E-state index is 0.0247. The maximum Gasteiger partial charge on any atom is 0.279 e. The number of rotatable bonds is 6. The summed E-state index contributed by atoms with van der Waals surface area (Å²) in [6.45, 7) is 1.29. The van der Waals surface area contributed by atoms with E-state index in [1.165, 1.54) is 20.9 Å². The first kappa shape index (κ1) is 19.5. The number of carbonyl (C=O) groups is 1. The SMILES string of the molecule is COc1cc2c(cc1OC)[C@@H](c1cccs1)[NH+](CC(=O)Nc1ccccc1)CC2. The molecule has 150 valence electrons. The number of carbonyl (C=O) groups excluding carboxylic acids is 1. The lowest BCUT2D eigenvalue weighted by Crippen LogP contribution is -3.14. The van der Waals surface area contributed by atoms with E-state index in [4.69, 9.17) is 9.47 Å². The van der Waals surface area contributed by atoms with Crippen LogP contribution >= 0.6 is 11.3 Å². The highest BCUT2D eigenvalue weighted by Crippen LogP contribution is 2.37. The highest BCUT2D eigenvalue weighted by atomic mass is 32.1. The Balaban J connectivity index is 1.64. The first-order valence-electron chi connectivity index (χ1n) is 9.67. The number of ether oxygens (including phenoxy) is 2. The van der Waals surface area contributed by atoms with Crippen molar-refractivity contribution in [2.75, 3.05) is 32.6 Å². The zero-order chi connectivity index (χ0) is 20.2. The fourth-order valence-electron chi connectivity index (χ4n) is 4.01. The topological polar surface area (TPSA) is 52.0 Å². The number of benzene rings is 2. The molecule has 2 atom stereocenters. The van der Waals surface area contributed by atoms with Gasteiger partial charge in [0.15, 0.2) is 18.0 Å². The monoisotopic (exact) mass is 409 g/mol. The summed E-state index contributed by atoms with van der Waals surface area (Å²) in [4.78, 5) is 15.2. The van der Waals surface area contributed by atoms with Gasteiger partial charge in [-0.1, -0.05) is 24.3 Å². The fourth-order valence-corrected chi connectivity index (χ4v) is 4.92. The molecule has 3 aromatic rings. The van der Waals surface area contributed by atoms with Crippen molar-refractivity contribution in [2.45, 2.75) is 12.5 Å². The number of thiophene rings is 1. The van der Waals surface area contributed by atoms with Crippen LogP contribution in [-0.4, -0.2) is 33.2 Å². The molecule has 0 saturated heterocycles. The van der Waals surface area contributed by atoms with Crippen LogP contribution in [0.15, 0.2) is 60.0 Å². The molecule has 6 heteroatoms. The quantitative estimate of drug-likeness (QED) is 0.658. The number of para-hydroxylation sites is 1. The van der Waals surface area contributed by atoms with E-state index in [9.17, 15) is 4.79 Å². The molecule has 0 fully saturated rings. The summed E-state index contributed by atoms with van der Waals surface area (Å²) in [6.07, 6.45) is 0.894. The highest BCUT2D eigenvalue weighted by molar-refractivity contribution is 7.10. The smallest absolute Gasteiger partial charge is 0.279 e. The van der Waals surface area contributed by atoms with Gasteiger partial charge >= 0.3 is 0 Å². The molecule has 1 aliphatic rings. The first-order valence-corrected chi connectivity index (χ1v) is 10.5. The van der Waals surface area contributed by atoms with E-state index in [-0.39, 0.29) is 11.9 Å². The number of amides is 1. The zero-order valence-corrected chi connectivity index (χ0v) is 17.4. The van der Waals surface area contributed by atoms with Gasteiger partial charge < -0.3 is 19.7 Å². The molecule has 1 amide bonds. The van der Waals surface area contributed by atoms with Crippen molar-refractivity contribution in [1.29, 1.82) is 0 Å². The summed E-state index contributed by atoms with van der Waals surface area (Å²) in [7, 11) is 3.32. The number of hydrogen-bond acceptors (Lipinski definition) is 4. The molecule has 2 heterocycles. The molecule has 1 unspecified atom stereocenters. The standard InChI is InChI=1S/C23H24N2O3S/c1-27-19-13-16-10-11-25(15-22(26)24-17-7-4-3-5-8-17)23(21-9-6-12-29-21)18(16)14-20(19)28-2/h3-9,12-14,23H,10-11,15H2,1-2H3,(H,24,26)/p+1/t23-/m0/s1. The molecule has 0 aliphatic carbocycles. The lowest BCUT2D eigenvalue weighted by Gasteiger charge is -2.34. The summed E-state index contributed by atoms with van der Waals surface area (Å²) in [5.41, 5.74) is 3.29. The summed E-state index contributed by atoms with van der Waals surface area (Å²) in [5, 5.41) is 5.11. The van der Waals surface area contributed by atoms with Gasteiger partial charge in [-0.25, -0.2) is 0 Å². The summed E-state index contributed by atoms with van der Waals surface area (Å²) in [5.74, 6) is 1.50. The van der Waals surface area contributed by atoms with Gasteiger partial charge in [0.25, 0.3) is 5.91 Å². The van der Waals surface area contributed by atoms with E-state index >= 15 is 0 Å². The van der Waals surface area contributed by atoms with Crippen LogP contribution in [0.1, 0.15) is 22.0 Å². The van der Waals surface area contributed by atoms with E-state index in [0.29, 0.717) is 6.54 Å². The molecule has 0 bridgehead atoms. The molecule has 1 aromatic heterocycles. The lowest BCUT2D eigenvalue weighted by molar-refractivity contribution is -0.919. The van der Waals surface area contributed by atoms with Crippen LogP contribution in [0.4, 0.5) is 5.69 Å². The third-order valence-electron chi connectivity index (χ3n) is 5.35. The Labute approximate surface area is 174 Å². The third kappa shape index (κ3) is 4.13. The van der Waals surface area contributed by atoms with Gasteiger partial charge in [-0.2, -0.15) is 0 Å². The second kappa shape index (κ2) is 8.68. The second-order valence-electron chi connectivity index (χ2n) is 7.10. The normalized spacial score (nSPS) is 18.0. The molecule has 2 N–H and O–H groups in total. The first-order chi connectivity index (χ1) is 14.2. The van der Waals surface area contributed by atoms with Crippen molar-refractivity contribution >= 4 is 22.9 Å². The van der Waals surface area contributed by atoms with Crippen LogP contribution < -0.4 is 19.7 Å². The fraction of sp³-hybridized carbons (Fsp3) is 0.261. The molecule has 0 radical (unpaired) electrons. The minimum Gasteiger partial charge on any atom is -0.493 e. The van der Waals surface area contributed by atoms with Crippen LogP contribution in [0.3, 0.4) is 0 Å². The average molecular weight is 410 g/mol. The van der Waals surface area contributed by atoms with Crippen molar-refractivity contribution in [2.24, 2.45) is 0 Å². The van der Waals surface area contributed by atoms with Crippen molar-refractivity contribution in [3.63, 3.8) is 0 Å². The van der Waals surface area contributed by atoms with Crippen molar-refractivity contribution in [3.05, 3.63) is 76.0 Å². The van der Waals surface area contributed by atoms with Crippen LogP contribution in [0, 0.1) is 0 Å². The average Bonchev–Trinajstić information content (AvgIpc) is 3.27. The Bertz CT molecular complexity index is 973.